The van der Waals surface area contributed by atoms with Crippen molar-refractivity contribution in [3.05, 3.63) is 85.1 Å². The molecule has 2 atom stereocenters. The molecule has 0 aromatic heterocycles. The van der Waals surface area contributed by atoms with Crippen LogP contribution in [0.15, 0.2) is 85.1 Å². The minimum atomic E-state index is -4.53. The molecule has 2 unspecified atom stereocenters. The van der Waals surface area contributed by atoms with Crippen LogP contribution < -0.4 is 4.89 Å². The molecule has 0 N–H and O–H groups in total. The Balaban J connectivity index is 4.25. The predicted molar refractivity (Wildman–Crippen MR) is 235 cm³/mol. The standard InChI is InChI=1S/C47H82NO7P/c1-6-8-10-12-14-16-17-18-19-20-21-22-23-24-25-26-27-28-29-30-31-32-34-36-38-40-47(49)55-46(45-54-56(50,51)53-43-41-48(3,4)5)44-52-42-39-37-35-33-15-13-11-9-7-2/h8,10,14,16,18-19,21-22,24-25,27-28,30-31,46H,6-7,9,11-13,15,17,20,23,26,29,32-45H2,1-5H3/b10-8-,16-14-,19-18-,22-21-,25-24-,28-27-,31-30-. The lowest BCUT2D eigenvalue weighted by Crippen LogP contribution is -2.37. The number of allylic oxidation sites excluding steroid dienone is 14. The van der Waals surface area contributed by atoms with Gasteiger partial charge in [-0.05, 0) is 70.6 Å². The van der Waals surface area contributed by atoms with Gasteiger partial charge in [-0.2, -0.15) is 0 Å². The smallest absolute Gasteiger partial charge is 0.306 e. The molecule has 9 heteroatoms. The fourth-order valence-electron chi connectivity index (χ4n) is 5.35. The quantitative estimate of drug-likeness (QED) is 0.0201. The predicted octanol–water partition coefficient (Wildman–Crippen LogP) is 12.2. The van der Waals surface area contributed by atoms with Gasteiger partial charge in [0.2, 0.25) is 0 Å². The average Bonchev–Trinajstić information content (AvgIpc) is 3.15. The molecule has 0 spiro atoms. The third kappa shape index (κ3) is 42.8. The van der Waals surface area contributed by atoms with Crippen molar-refractivity contribution in [1.82, 2.24) is 0 Å². The number of carbonyl (C=O) groups is 1. The van der Waals surface area contributed by atoms with Crippen LogP contribution >= 0.6 is 7.82 Å². The van der Waals surface area contributed by atoms with Crippen LogP contribution in [0.25, 0.3) is 0 Å². The summed E-state index contributed by atoms with van der Waals surface area (Å²) in [4.78, 5) is 25.0. The van der Waals surface area contributed by atoms with E-state index >= 15 is 0 Å². The van der Waals surface area contributed by atoms with Gasteiger partial charge in [0.05, 0.1) is 34.4 Å². The highest BCUT2D eigenvalue weighted by molar-refractivity contribution is 7.45. The first kappa shape index (κ1) is 53.7. The lowest BCUT2D eigenvalue weighted by Gasteiger charge is -2.28. The van der Waals surface area contributed by atoms with E-state index in [4.69, 9.17) is 18.5 Å². The molecule has 0 radical (unpaired) electrons. The van der Waals surface area contributed by atoms with Crippen molar-refractivity contribution in [2.24, 2.45) is 0 Å². The molecule has 0 saturated carbocycles. The second-order valence-electron chi connectivity index (χ2n) is 15.3. The van der Waals surface area contributed by atoms with Gasteiger partial charge in [0.25, 0.3) is 7.82 Å². The van der Waals surface area contributed by atoms with E-state index in [9.17, 15) is 14.3 Å². The first-order chi connectivity index (χ1) is 27.1. The summed E-state index contributed by atoms with van der Waals surface area (Å²) >= 11 is 0. The zero-order valence-electron chi connectivity index (χ0n) is 36.3. The summed E-state index contributed by atoms with van der Waals surface area (Å²) < 4.78 is 34.4. The van der Waals surface area contributed by atoms with Crippen molar-refractivity contribution < 1.29 is 37.3 Å². The SMILES string of the molecule is CC/C=C\C/C=C\C/C=C\C/C=C\C/C=C\C/C=C\C/C=C\CCCCCC(=O)OC(COCCCCCCCCCCC)COP(=O)([O-])OCC[N+](C)(C)C. The van der Waals surface area contributed by atoms with Crippen molar-refractivity contribution in [3.8, 4) is 0 Å². The number of ether oxygens (including phenoxy) is 2. The maximum absolute atomic E-state index is 12.6. The highest BCUT2D eigenvalue weighted by Gasteiger charge is 2.20. The first-order valence-corrected chi connectivity index (χ1v) is 23.3. The molecular weight excluding hydrogens is 721 g/mol. The van der Waals surface area contributed by atoms with E-state index in [1.165, 1.54) is 44.9 Å². The number of hydrogen-bond donors (Lipinski definition) is 0. The van der Waals surface area contributed by atoms with Gasteiger partial charge in [-0.15, -0.1) is 0 Å². The van der Waals surface area contributed by atoms with Crippen molar-refractivity contribution in [3.63, 3.8) is 0 Å². The van der Waals surface area contributed by atoms with Gasteiger partial charge in [0.15, 0.2) is 0 Å². The van der Waals surface area contributed by atoms with E-state index < -0.39 is 13.9 Å². The third-order valence-electron chi connectivity index (χ3n) is 8.71. The van der Waals surface area contributed by atoms with E-state index in [1.54, 1.807) is 0 Å². The molecule has 0 aromatic carbocycles. The van der Waals surface area contributed by atoms with Crippen molar-refractivity contribution >= 4 is 13.8 Å². The number of carbonyl (C=O) groups excluding carboxylic acids is 1. The lowest BCUT2D eigenvalue weighted by molar-refractivity contribution is -0.870. The number of quaternary nitrogens is 1. The van der Waals surface area contributed by atoms with Gasteiger partial charge in [0.1, 0.15) is 19.3 Å². The summed E-state index contributed by atoms with van der Waals surface area (Å²) in [7, 11) is 1.32. The van der Waals surface area contributed by atoms with Crippen LogP contribution in [0.3, 0.4) is 0 Å². The Morgan fingerprint density at radius 3 is 1.54 bits per heavy atom. The summed E-state index contributed by atoms with van der Waals surface area (Å²) in [5.41, 5.74) is 0. The highest BCUT2D eigenvalue weighted by Crippen LogP contribution is 2.38. The van der Waals surface area contributed by atoms with E-state index in [2.05, 4.69) is 98.9 Å². The van der Waals surface area contributed by atoms with Crippen LogP contribution in [-0.4, -0.2) is 70.7 Å². The molecule has 0 heterocycles. The first-order valence-electron chi connectivity index (χ1n) is 21.8. The fourth-order valence-corrected chi connectivity index (χ4v) is 6.08. The Morgan fingerprint density at radius 2 is 1.04 bits per heavy atom. The number of phosphoric acid groups is 1. The normalized spacial score (nSPS) is 14.6. The molecule has 56 heavy (non-hydrogen) atoms. The Hall–Kier alpha value is -2.32. The summed E-state index contributed by atoms with van der Waals surface area (Å²) in [6.45, 7) is 5.21. The molecule has 0 aliphatic rings. The van der Waals surface area contributed by atoms with Crippen molar-refractivity contribution in [2.75, 3.05) is 54.1 Å². The number of hydrogen-bond acceptors (Lipinski definition) is 7. The number of rotatable bonds is 39. The Bertz CT molecular complexity index is 1170. The fraction of sp³-hybridized carbons (Fsp3) is 0.681. The number of esters is 1. The van der Waals surface area contributed by atoms with Crippen LogP contribution in [0.4, 0.5) is 0 Å². The minimum absolute atomic E-state index is 0.0154. The molecule has 0 saturated heterocycles. The van der Waals surface area contributed by atoms with Gasteiger partial charge >= 0.3 is 5.97 Å². The van der Waals surface area contributed by atoms with Gasteiger partial charge in [-0.25, -0.2) is 0 Å². The Labute approximate surface area is 344 Å². The van der Waals surface area contributed by atoms with Gasteiger partial charge in [0, 0.05) is 13.0 Å². The lowest BCUT2D eigenvalue weighted by atomic mass is 10.1. The summed E-state index contributed by atoms with van der Waals surface area (Å²) in [5.74, 6) is -0.370. The van der Waals surface area contributed by atoms with Crippen molar-refractivity contribution in [1.29, 1.82) is 0 Å². The van der Waals surface area contributed by atoms with Crippen LogP contribution in [0.1, 0.15) is 149 Å². The number of phosphoric ester groups is 1. The largest absolute Gasteiger partial charge is 0.756 e. The second kappa shape index (κ2) is 39.5. The van der Waals surface area contributed by atoms with Gasteiger partial charge in [-0.3, -0.25) is 9.36 Å². The van der Waals surface area contributed by atoms with Crippen LogP contribution in [-0.2, 0) is 27.9 Å². The van der Waals surface area contributed by atoms with E-state index in [0.29, 0.717) is 24.1 Å². The Morgan fingerprint density at radius 1 is 0.571 bits per heavy atom. The molecule has 0 aliphatic carbocycles. The second-order valence-corrected chi connectivity index (χ2v) is 16.7. The molecule has 0 aromatic rings. The van der Waals surface area contributed by atoms with Crippen LogP contribution in [0, 0.1) is 0 Å². The van der Waals surface area contributed by atoms with Gasteiger partial charge < -0.3 is 27.9 Å². The number of likely N-dealkylation sites (N-methyl/N-ethyl adjacent to an activating group) is 1. The molecular formula is C47H82NO7P. The maximum Gasteiger partial charge on any atom is 0.306 e. The Kier molecular flexibility index (Phi) is 37.9. The highest BCUT2D eigenvalue weighted by atomic mass is 31.2. The summed E-state index contributed by atoms with van der Waals surface area (Å²) in [5, 5.41) is 0. The number of unbranched alkanes of at least 4 members (excludes halogenated alkanes) is 11. The maximum atomic E-state index is 12.6. The van der Waals surface area contributed by atoms with Crippen LogP contribution in [0.2, 0.25) is 0 Å². The monoisotopic (exact) mass is 804 g/mol. The summed E-state index contributed by atoms with van der Waals surface area (Å²) in [6, 6.07) is 0. The summed E-state index contributed by atoms with van der Waals surface area (Å²) in [6.07, 6.45) is 51.7. The molecule has 0 rings (SSSR count). The number of nitrogens with zero attached hydrogens (tertiary/aromatic N) is 1. The van der Waals surface area contributed by atoms with E-state index in [-0.39, 0.29) is 32.2 Å². The van der Waals surface area contributed by atoms with E-state index in [1.807, 2.05) is 21.1 Å². The molecule has 0 fully saturated rings. The van der Waals surface area contributed by atoms with E-state index in [0.717, 1.165) is 77.0 Å². The van der Waals surface area contributed by atoms with Crippen molar-refractivity contribution in [2.45, 2.75) is 155 Å². The molecule has 0 bridgehead atoms. The third-order valence-corrected chi connectivity index (χ3v) is 9.68. The zero-order chi connectivity index (χ0) is 41.3. The topological polar surface area (TPSA) is 94.1 Å². The zero-order valence-corrected chi connectivity index (χ0v) is 37.2. The molecule has 0 amide bonds. The molecule has 8 nitrogen and oxygen atoms in total. The van der Waals surface area contributed by atoms with Crippen LogP contribution in [0.5, 0.6) is 0 Å². The average molecular weight is 804 g/mol. The molecule has 322 valence electrons. The van der Waals surface area contributed by atoms with Gasteiger partial charge in [-0.1, -0.05) is 157 Å². The minimum Gasteiger partial charge on any atom is -0.756 e. The molecule has 0 aliphatic heterocycles.